The highest BCUT2D eigenvalue weighted by Gasteiger charge is 2.27. The van der Waals surface area contributed by atoms with Gasteiger partial charge in [0.05, 0.1) is 17.5 Å². The van der Waals surface area contributed by atoms with E-state index >= 15 is 0 Å². The van der Waals surface area contributed by atoms with Gasteiger partial charge >= 0.3 is 6.09 Å². The number of sulfone groups is 1. The monoisotopic (exact) mass is 316 g/mol. The van der Waals surface area contributed by atoms with Crippen LogP contribution in [0, 0.1) is 0 Å². The number of rotatable bonds is 2. The fourth-order valence-electron chi connectivity index (χ4n) is 2.23. The molecule has 0 aliphatic heterocycles. The summed E-state index contributed by atoms with van der Waals surface area (Å²) in [5, 5.41) is 0.399. The van der Waals surface area contributed by atoms with E-state index < -0.39 is 15.9 Å². The standard InChI is InChI=1S/C15H12N2O4S/c1-21-15(18)17-13-7-8-16-10-11(13)9-14(17)22(19,20)12-5-3-2-4-6-12/h2-10H,1H3. The largest absolute Gasteiger partial charge is 0.452 e. The van der Waals surface area contributed by atoms with Gasteiger partial charge in [0.25, 0.3) is 0 Å². The minimum atomic E-state index is -3.85. The van der Waals surface area contributed by atoms with E-state index in [0.717, 1.165) is 4.57 Å². The maximum absolute atomic E-state index is 12.8. The molecule has 0 N–H and O–H groups in total. The van der Waals surface area contributed by atoms with Gasteiger partial charge in [-0.1, -0.05) is 18.2 Å². The number of nitrogens with zero attached hydrogens (tertiary/aromatic N) is 2. The smallest absolute Gasteiger partial charge is 0.419 e. The van der Waals surface area contributed by atoms with Gasteiger partial charge < -0.3 is 4.74 Å². The normalized spacial score (nSPS) is 11.5. The molecule has 3 aromatic rings. The van der Waals surface area contributed by atoms with Crippen LogP contribution in [0.4, 0.5) is 4.79 Å². The molecule has 0 saturated carbocycles. The molecule has 112 valence electrons. The van der Waals surface area contributed by atoms with E-state index in [4.69, 9.17) is 4.74 Å². The summed E-state index contributed by atoms with van der Waals surface area (Å²) in [5.74, 6) is 0. The first-order chi connectivity index (χ1) is 10.6. The lowest BCUT2D eigenvalue weighted by atomic mass is 10.3. The molecule has 7 heteroatoms. The summed E-state index contributed by atoms with van der Waals surface area (Å²) < 4.78 is 31.3. The SMILES string of the molecule is COC(=O)n1c(S(=O)(=O)c2ccccc2)cc2cnccc21. The average Bonchev–Trinajstić information content (AvgIpc) is 2.95. The van der Waals surface area contributed by atoms with Crippen molar-refractivity contribution in [3.8, 4) is 0 Å². The highest BCUT2D eigenvalue weighted by Crippen LogP contribution is 2.27. The molecule has 0 saturated heterocycles. The highest BCUT2D eigenvalue weighted by molar-refractivity contribution is 7.91. The molecule has 2 aromatic heterocycles. The lowest BCUT2D eigenvalue weighted by Gasteiger charge is -2.08. The van der Waals surface area contributed by atoms with Crippen molar-refractivity contribution in [1.29, 1.82) is 0 Å². The van der Waals surface area contributed by atoms with Gasteiger partial charge in [-0.2, -0.15) is 0 Å². The van der Waals surface area contributed by atoms with Crippen LogP contribution in [0.3, 0.4) is 0 Å². The number of carbonyl (C=O) groups excluding carboxylic acids is 1. The first kappa shape index (κ1) is 14.3. The zero-order valence-corrected chi connectivity index (χ0v) is 12.4. The Morgan fingerprint density at radius 1 is 1.18 bits per heavy atom. The molecule has 0 aliphatic carbocycles. The molecule has 3 rings (SSSR count). The number of ether oxygens (including phenoxy) is 1. The van der Waals surface area contributed by atoms with Gasteiger partial charge in [-0.05, 0) is 24.3 Å². The molecule has 2 heterocycles. The van der Waals surface area contributed by atoms with Crippen LogP contribution in [0.25, 0.3) is 10.9 Å². The van der Waals surface area contributed by atoms with Crippen molar-refractivity contribution in [2.75, 3.05) is 7.11 Å². The van der Waals surface area contributed by atoms with E-state index in [0.29, 0.717) is 10.9 Å². The Hall–Kier alpha value is -2.67. The Bertz CT molecular complexity index is 946. The molecular weight excluding hydrogens is 304 g/mol. The molecule has 0 bridgehead atoms. The molecule has 0 spiro atoms. The predicted octanol–water partition coefficient (Wildman–Crippen LogP) is 2.48. The van der Waals surface area contributed by atoms with Gasteiger partial charge in [-0.15, -0.1) is 0 Å². The number of fused-ring (bicyclic) bond motifs is 1. The molecule has 0 unspecified atom stereocenters. The fraction of sp³-hybridized carbons (Fsp3) is 0.0667. The van der Waals surface area contributed by atoms with E-state index in [2.05, 4.69) is 4.98 Å². The molecular formula is C15H12N2O4S. The van der Waals surface area contributed by atoms with Crippen LogP contribution in [0.2, 0.25) is 0 Å². The Morgan fingerprint density at radius 2 is 1.91 bits per heavy atom. The zero-order valence-electron chi connectivity index (χ0n) is 11.6. The third-order valence-electron chi connectivity index (χ3n) is 3.25. The summed E-state index contributed by atoms with van der Waals surface area (Å²) in [6.45, 7) is 0. The van der Waals surface area contributed by atoms with Crippen LogP contribution in [-0.4, -0.2) is 31.2 Å². The second kappa shape index (κ2) is 5.27. The third-order valence-corrected chi connectivity index (χ3v) is 5.00. The van der Waals surface area contributed by atoms with Gasteiger partial charge in [0, 0.05) is 17.8 Å². The highest BCUT2D eigenvalue weighted by atomic mass is 32.2. The van der Waals surface area contributed by atoms with Crippen molar-refractivity contribution < 1.29 is 17.9 Å². The summed E-state index contributed by atoms with van der Waals surface area (Å²) in [6.07, 6.45) is 2.22. The van der Waals surface area contributed by atoms with Gasteiger partial charge in [-0.3, -0.25) is 4.98 Å². The first-order valence-corrected chi connectivity index (χ1v) is 7.88. The van der Waals surface area contributed by atoms with Crippen LogP contribution < -0.4 is 0 Å². The van der Waals surface area contributed by atoms with Gasteiger partial charge in [0.1, 0.15) is 0 Å². The summed E-state index contributed by atoms with van der Waals surface area (Å²) in [5.41, 5.74) is 0.427. The number of hydrogen-bond donors (Lipinski definition) is 0. The molecule has 0 radical (unpaired) electrons. The lowest BCUT2D eigenvalue weighted by Crippen LogP contribution is -2.17. The number of carbonyl (C=O) groups is 1. The van der Waals surface area contributed by atoms with Crippen molar-refractivity contribution in [1.82, 2.24) is 9.55 Å². The van der Waals surface area contributed by atoms with E-state index in [1.807, 2.05) is 0 Å². The van der Waals surface area contributed by atoms with Gasteiger partial charge in [0.15, 0.2) is 5.03 Å². The Labute approximate surface area is 126 Å². The summed E-state index contributed by atoms with van der Waals surface area (Å²) in [6, 6.07) is 10.9. The maximum Gasteiger partial charge on any atom is 0.419 e. The minimum Gasteiger partial charge on any atom is -0.452 e. The minimum absolute atomic E-state index is 0.107. The van der Waals surface area contributed by atoms with Crippen LogP contribution in [-0.2, 0) is 14.6 Å². The summed E-state index contributed by atoms with van der Waals surface area (Å²) >= 11 is 0. The Kier molecular flexibility index (Phi) is 3.42. The molecule has 0 amide bonds. The van der Waals surface area contributed by atoms with Crippen LogP contribution in [0.15, 0.2) is 64.8 Å². The fourth-order valence-corrected chi connectivity index (χ4v) is 3.68. The number of hydrogen-bond acceptors (Lipinski definition) is 5. The predicted molar refractivity (Wildman–Crippen MR) is 79.4 cm³/mol. The van der Waals surface area contributed by atoms with Gasteiger partial charge in [-0.25, -0.2) is 17.8 Å². The van der Waals surface area contributed by atoms with Crippen molar-refractivity contribution in [2.45, 2.75) is 9.92 Å². The van der Waals surface area contributed by atoms with Crippen molar-refractivity contribution in [3.63, 3.8) is 0 Å². The molecule has 22 heavy (non-hydrogen) atoms. The number of aromatic nitrogens is 2. The summed E-state index contributed by atoms with van der Waals surface area (Å²) in [7, 11) is -2.65. The lowest BCUT2D eigenvalue weighted by molar-refractivity contribution is 0.171. The third kappa shape index (κ3) is 2.15. The molecule has 0 fully saturated rings. The number of pyridine rings is 1. The molecule has 6 nitrogen and oxygen atoms in total. The van der Waals surface area contributed by atoms with Crippen LogP contribution in [0.5, 0.6) is 0 Å². The quantitative estimate of drug-likeness (QED) is 0.726. The van der Waals surface area contributed by atoms with E-state index in [1.165, 1.54) is 37.7 Å². The van der Waals surface area contributed by atoms with E-state index in [-0.39, 0.29) is 9.92 Å². The van der Waals surface area contributed by atoms with Crippen molar-refractivity contribution in [2.24, 2.45) is 0 Å². The van der Waals surface area contributed by atoms with Gasteiger partial charge in [0.2, 0.25) is 9.84 Å². The Balaban J connectivity index is 2.34. The topological polar surface area (TPSA) is 78.3 Å². The van der Waals surface area contributed by atoms with Crippen LogP contribution in [0.1, 0.15) is 0 Å². The second-order valence-corrected chi connectivity index (χ2v) is 6.44. The average molecular weight is 316 g/mol. The zero-order chi connectivity index (χ0) is 15.7. The molecule has 1 aromatic carbocycles. The number of benzene rings is 1. The first-order valence-electron chi connectivity index (χ1n) is 6.39. The number of methoxy groups -OCH3 is 1. The second-order valence-electron chi connectivity index (χ2n) is 4.54. The van der Waals surface area contributed by atoms with E-state index in [9.17, 15) is 13.2 Å². The van der Waals surface area contributed by atoms with Crippen LogP contribution >= 0.6 is 0 Å². The van der Waals surface area contributed by atoms with Crippen molar-refractivity contribution >= 4 is 26.8 Å². The molecule has 0 atom stereocenters. The maximum atomic E-state index is 12.8. The van der Waals surface area contributed by atoms with Crippen molar-refractivity contribution in [3.05, 3.63) is 54.9 Å². The van der Waals surface area contributed by atoms with E-state index in [1.54, 1.807) is 24.3 Å². The molecule has 0 aliphatic rings. The summed E-state index contributed by atoms with van der Waals surface area (Å²) in [4.78, 5) is 16.1. The Morgan fingerprint density at radius 3 is 2.59 bits per heavy atom.